The quantitative estimate of drug-likeness (QED) is 0.732. The van der Waals surface area contributed by atoms with Crippen molar-refractivity contribution in [2.75, 3.05) is 0 Å². The van der Waals surface area contributed by atoms with E-state index >= 15 is 0 Å². The van der Waals surface area contributed by atoms with Gasteiger partial charge in [0.1, 0.15) is 0 Å². The van der Waals surface area contributed by atoms with Gasteiger partial charge in [-0.1, -0.05) is 13.8 Å². The summed E-state index contributed by atoms with van der Waals surface area (Å²) in [5.74, 6) is 0.710. The molecule has 0 spiro atoms. The third-order valence-electron chi connectivity index (χ3n) is 2.06. The monoisotopic (exact) mass is 229 g/mol. The van der Waals surface area contributed by atoms with Gasteiger partial charge in [-0.25, -0.2) is 0 Å². The standard InChI is InChI=1S/C10H16BrN/c1-7(2)6-12-8(3)5-10(11)9(12)4/h5,7H,6H2,1-4H3. The molecular weight excluding hydrogens is 214 g/mol. The molecule has 2 heteroatoms. The molecule has 0 amide bonds. The lowest BCUT2D eigenvalue weighted by atomic mass is 10.2. The maximum absolute atomic E-state index is 3.54. The van der Waals surface area contributed by atoms with Gasteiger partial charge in [0.15, 0.2) is 0 Å². The van der Waals surface area contributed by atoms with Crippen LogP contribution in [-0.4, -0.2) is 4.57 Å². The molecule has 0 saturated heterocycles. The van der Waals surface area contributed by atoms with Crippen LogP contribution in [0, 0.1) is 19.8 Å². The fraction of sp³-hybridized carbons (Fsp3) is 0.600. The van der Waals surface area contributed by atoms with E-state index in [0.717, 1.165) is 6.54 Å². The highest BCUT2D eigenvalue weighted by atomic mass is 79.9. The van der Waals surface area contributed by atoms with Crippen molar-refractivity contribution in [1.29, 1.82) is 0 Å². The van der Waals surface area contributed by atoms with Crippen LogP contribution in [0.15, 0.2) is 10.5 Å². The molecule has 1 rings (SSSR count). The smallest absolute Gasteiger partial charge is 0.0384 e. The van der Waals surface area contributed by atoms with Gasteiger partial charge < -0.3 is 4.57 Å². The number of hydrogen-bond donors (Lipinski definition) is 0. The summed E-state index contributed by atoms with van der Waals surface area (Å²) in [5.41, 5.74) is 2.68. The number of nitrogens with zero attached hydrogens (tertiary/aromatic N) is 1. The van der Waals surface area contributed by atoms with E-state index < -0.39 is 0 Å². The maximum atomic E-state index is 3.54. The highest BCUT2D eigenvalue weighted by molar-refractivity contribution is 9.10. The van der Waals surface area contributed by atoms with Crippen LogP contribution in [0.1, 0.15) is 25.2 Å². The molecule has 12 heavy (non-hydrogen) atoms. The molecule has 0 N–H and O–H groups in total. The summed E-state index contributed by atoms with van der Waals surface area (Å²) >= 11 is 3.54. The van der Waals surface area contributed by atoms with E-state index in [1.54, 1.807) is 0 Å². The van der Waals surface area contributed by atoms with Crippen molar-refractivity contribution < 1.29 is 0 Å². The second-order valence-electron chi connectivity index (χ2n) is 3.72. The van der Waals surface area contributed by atoms with Crippen LogP contribution in [-0.2, 0) is 6.54 Å². The number of hydrogen-bond acceptors (Lipinski definition) is 0. The van der Waals surface area contributed by atoms with Gasteiger partial charge >= 0.3 is 0 Å². The Morgan fingerprint density at radius 2 is 2.00 bits per heavy atom. The molecule has 0 unspecified atom stereocenters. The van der Waals surface area contributed by atoms with Gasteiger partial charge in [-0.05, 0) is 41.8 Å². The van der Waals surface area contributed by atoms with Crippen molar-refractivity contribution in [3.8, 4) is 0 Å². The Balaban J connectivity index is 2.97. The number of rotatable bonds is 2. The first-order chi connectivity index (χ1) is 5.52. The first-order valence-corrected chi connectivity index (χ1v) is 5.14. The van der Waals surface area contributed by atoms with Crippen molar-refractivity contribution >= 4 is 15.9 Å². The molecule has 68 valence electrons. The van der Waals surface area contributed by atoms with Gasteiger partial charge in [0.05, 0.1) is 0 Å². The lowest BCUT2D eigenvalue weighted by Gasteiger charge is -2.11. The van der Waals surface area contributed by atoms with E-state index in [1.165, 1.54) is 15.9 Å². The molecule has 1 heterocycles. The third kappa shape index (κ3) is 1.92. The van der Waals surface area contributed by atoms with E-state index in [0.29, 0.717) is 5.92 Å². The largest absolute Gasteiger partial charge is 0.348 e. The molecule has 0 radical (unpaired) electrons. The minimum absolute atomic E-state index is 0.710. The molecule has 0 saturated carbocycles. The van der Waals surface area contributed by atoms with Gasteiger partial charge in [0, 0.05) is 22.4 Å². The van der Waals surface area contributed by atoms with Crippen molar-refractivity contribution in [3.05, 3.63) is 21.9 Å². The Morgan fingerprint density at radius 1 is 1.42 bits per heavy atom. The van der Waals surface area contributed by atoms with Crippen molar-refractivity contribution in [1.82, 2.24) is 4.57 Å². The highest BCUT2D eigenvalue weighted by Gasteiger charge is 2.07. The Kier molecular flexibility index (Phi) is 2.99. The average molecular weight is 230 g/mol. The summed E-state index contributed by atoms with van der Waals surface area (Å²) in [6.45, 7) is 9.91. The number of aromatic nitrogens is 1. The minimum Gasteiger partial charge on any atom is -0.348 e. The second kappa shape index (κ2) is 3.65. The van der Waals surface area contributed by atoms with Crippen molar-refractivity contribution in [2.24, 2.45) is 5.92 Å². The molecule has 1 aromatic heterocycles. The van der Waals surface area contributed by atoms with E-state index in [-0.39, 0.29) is 0 Å². The summed E-state index contributed by atoms with van der Waals surface area (Å²) < 4.78 is 3.58. The van der Waals surface area contributed by atoms with E-state index in [9.17, 15) is 0 Å². The van der Waals surface area contributed by atoms with Gasteiger partial charge in [-0.15, -0.1) is 0 Å². The summed E-state index contributed by atoms with van der Waals surface area (Å²) in [5, 5.41) is 0. The van der Waals surface area contributed by atoms with Crippen LogP contribution in [0.4, 0.5) is 0 Å². The van der Waals surface area contributed by atoms with Crippen LogP contribution < -0.4 is 0 Å². The summed E-state index contributed by atoms with van der Waals surface area (Å²) in [6.07, 6.45) is 0. The zero-order valence-corrected chi connectivity index (χ0v) is 9.77. The van der Waals surface area contributed by atoms with Gasteiger partial charge in [0.25, 0.3) is 0 Å². The fourth-order valence-corrected chi connectivity index (χ4v) is 1.95. The molecule has 0 bridgehead atoms. The van der Waals surface area contributed by atoms with E-state index in [2.05, 4.69) is 54.3 Å². The number of halogens is 1. The van der Waals surface area contributed by atoms with E-state index in [4.69, 9.17) is 0 Å². The highest BCUT2D eigenvalue weighted by Crippen LogP contribution is 2.21. The summed E-state index contributed by atoms with van der Waals surface area (Å²) in [6, 6.07) is 2.18. The molecule has 0 aliphatic rings. The average Bonchev–Trinajstić information content (AvgIpc) is 2.16. The maximum Gasteiger partial charge on any atom is 0.0384 e. The molecule has 0 aliphatic carbocycles. The lowest BCUT2D eigenvalue weighted by Crippen LogP contribution is -2.07. The Hall–Kier alpha value is -0.240. The normalized spacial score (nSPS) is 11.2. The Morgan fingerprint density at radius 3 is 2.33 bits per heavy atom. The summed E-state index contributed by atoms with van der Waals surface area (Å²) in [7, 11) is 0. The van der Waals surface area contributed by atoms with Gasteiger partial charge in [-0.3, -0.25) is 0 Å². The fourth-order valence-electron chi connectivity index (χ4n) is 1.41. The minimum atomic E-state index is 0.710. The van der Waals surface area contributed by atoms with Crippen LogP contribution in [0.5, 0.6) is 0 Å². The molecule has 1 aromatic rings. The third-order valence-corrected chi connectivity index (χ3v) is 2.86. The SMILES string of the molecule is Cc1cc(Br)c(C)n1CC(C)C. The molecule has 0 aromatic carbocycles. The molecule has 0 atom stereocenters. The number of aryl methyl sites for hydroxylation is 1. The van der Waals surface area contributed by atoms with Gasteiger partial charge in [-0.2, -0.15) is 0 Å². The first-order valence-electron chi connectivity index (χ1n) is 4.34. The van der Waals surface area contributed by atoms with Crippen LogP contribution in [0.25, 0.3) is 0 Å². The predicted octanol–water partition coefficient (Wildman–Crippen LogP) is 3.52. The molecular formula is C10H16BrN. The van der Waals surface area contributed by atoms with Crippen LogP contribution >= 0.6 is 15.9 Å². The predicted molar refractivity (Wildman–Crippen MR) is 56.4 cm³/mol. The lowest BCUT2D eigenvalue weighted by molar-refractivity contribution is 0.509. The topological polar surface area (TPSA) is 4.93 Å². The molecule has 1 nitrogen and oxygen atoms in total. The van der Waals surface area contributed by atoms with Crippen molar-refractivity contribution in [3.63, 3.8) is 0 Å². The van der Waals surface area contributed by atoms with Crippen molar-refractivity contribution in [2.45, 2.75) is 34.2 Å². The zero-order chi connectivity index (χ0) is 9.30. The Labute approximate surface area is 82.9 Å². The first kappa shape index (κ1) is 9.85. The summed E-state index contributed by atoms with van der Waals surface area (Å²) in [4.78, 5) is 0. The van der Waals surface area contributed by atoms with Crippen LogP contribution in [0.3, 0.4) is 0 Å². The van der Waals surface area contributed by atoms with Gasteiger partial charge in [0.2, 0.25) is 0 Å². The van der Waals surface area contributed by atoms with E-state index in [1.807, 2.05) is 0 Å². The zero-order valence-electron chi connectivity index (χ0n) is 8.19. The second-order valence-corrected chi connectivity index (χ2v) is 4.58. The Bertz CT molecular complexity index is 274. The molecule has 0 aliphatic heterocycles. The van der Waals surface area contributed by atoms with Crippen LogP contribution in [0.2, 0.25) is 0 Å². The molecule has 0 fully saturated rings.